The van der Waals surface area contributed by atoms with Gasteiger partial charge in [-0.05, 0) is 48.4 Å². The molecule has 0 spiro atoms. The highest BCUT2D eigenvalue weighted by molar-refractivity contribution is 5.74. The Morgan fingerprint density at radius 2 is 1.76 bits per heavy atom. The molecule has 12 nitrogen and oxygen atoms in total. The van der Waals surface area contributed by atoms with Gasteiger partial charge in [-0.15, -0.1) is 5.10 Å². The van der Waals surface area contributed by atoms with E-state index in [4.69, 9.17) is 0 Å². The number of rotatable bonds is 5. The van der Waals surface area contributed by atoms with Crippen LogP contribution in [0.5, 0.6) is 0 Å². The fraction of sp³-hybridized carbons (Fsp3) is 0.304. The van der Waals surface area contributed by atoms with Crippen LogP contribution in [0.15, 0.2) is 49.3 Å². The van der Waals surface area contributed by atoms with E-state index in [0.717, 1.165) is 48.0 Å². The van der Waals surface area contributed by atoms with E-state index < -0.39 is 11.7 Å². The number of hydrogen-bond acceptors (Lipinski definition) is 10. The lowest BCUT2D eigenvalue weighted by Crippen LogP contribution is -2.34. The number of halogens is 3. The standard InChI is InChI=1S/C23H21F3N12/c1-14-17(2-3-20(32-14)37-13-30-34-35-37)33-18-4-7-31-38-19(12-27-21(18)38)15-5-8-36(9-6-15)22-28-10-16(11-29-22)23(24,25)26/h2-4,7,10-13,15,33H,5-6,8-9H2,1H3. The summed E-state index contributed by atoms with van der Waals surface area (Å²) in [5.74, 6) is 1.08. The number of nitrogens with one attached hydrogen (secondary N) is 1. The van der Waals surface area contributed by atoms with Gasteiger partial charge in [0.25, 0.3) is 0 Å². The van der Waals surface area contributed by atoms with Crippen molar-refractivity contribution in [2.24, 2.45) is 0 Å². The molecule has 0 radical (unpaired) electrons. The van der Waals surface area contributed by atoms with Gasteiger partial charge in [0.1, 0.15) is 6.33 Å². The highest BCUT2D eigenvalue weighted by atomic mass is 19.4. The minimum atomic E-state index is -4.45. The summed E-state index contributed by atoms with van der Waals surface area (Å²) in [5, 5.41) is 19.1. The van der Waals surface area contributed by atoms with Crippen LogP contribution in [0.4, 0.5) is 30.5 Å². The lowest BCUT2D eigenvalue weighted by Gasteiger charge is -2.31. The van der Waals surface area contributed by atoms with Crippen molar-refractivity contribution in [1.29, 1.82) is 0 Å². The van der Waals surface area contributed by atoms with Crippen LogP contribution in [0, 0.1) is 6.92 Å². The van der Waals surface area contributed by atoms with Gasteiger partial charge in [0.2, 0.25) is 5.95 Å². The van der Waals surface area contributed by atoms with Crippen LogP contribution in [0.3, 0.4) is 0 Å². The first-order valence-electron chi connectivity index (χ1n) is 11.8. The van der Waals surface area contributed by atoms with Crippen LogP contribution in [0.1, 0.15) is 35.7 Å². The van der Waals surface area contributed by atoms with Crippen molar-refractivity contribution in [3.63, 3.8) is 0 Å². The van der Waals surface area contributed by atoms with Crippen LogP contribution in [0.2, 0.25) is 0 Å². The minimum absolute atomic E-state index is 0.178. The van der Waals surface area contributed by atoms with Gasteiger partial charge in [0.05, 0.1) is 40.7 Å². The number of imidazole rings is 1. The Kier molecular flexibility index (Phi) is 5.81. The molecular weight excluding hydrogens is 501 g/mol. The molecule has 6 rings (SSSR count). The Morgan fingerprint density at radius 1 is 0.974 bits per heavy atom. The van der Waals surface area contributed by atoms with E-state index in [1.807, 2.05) is 40.7 Å². The molecule has 0 unspecified atom stereocenters. The summed E-state index contributed by atoms with van der Waals surface area (Å²) >= 11 is 0. The van der Waals surface area contributed by atoms with Gasteiger partial charge in [-0.1, -0.05) is 0 Å². The molecule has 1 N–H and O–H groups in total. The first-order chi connectivity index (χ1) is 18.4. The number of nitrogens with zero attached hydrogens (tertiary/aromatic N) is 11. The number of pyridine rings is 1. The molecule has 1 saturated heterocycles. The Balaban J connectivity index is 1.17. The van der Waals surface area contributed by atoms with Gasteiger partial charge >= 0.3 is 6.18 Å². The number of piperidine rings is 1. The summed E-state index contributed by atoms with van der Waals surface area (Å²) in [6, 6.07) is 5.57. The average molecular weight is 522 g/mol. The van der Waals surface area contributed by atoms with Crippen LogP contribution < -0.4 is 10.2 Å². The lowest BCUT2D eigenvalue weighted by atomic mass is 9.94. The van der Waals surface area contributed by atoms with Crippen LogP contribution in [-0.4, -0.2) is 62.8 Å². The highest BCUT2D eigenvalue weighted by Gasteiger charge is 2.32. The molecule has 6 heterocycles. The zero-order valence-corrected chi connectivity index (χ0v) is 20.1. The zero-order chi connectivity index (χ0) is 26.3. The van der Waals surface area contributed by atoms with E-state index in [1.54, 1.807) is 6.20 Å². The Morgan fingerprint density at radius 3 is 2.45 bits per heavy atom. The van der Waals surface area contributed by atoms with Gasteiger partial charge in [-0.25, -0.2) is 24.5 Å². The molecule has 0 atom stereocenters. The molecule has 15 heteroatoms. The molecule has 1 aliphatic rings. The van der Waals surface area contributed by atoms with Gasteiger partial charge in [0, 0.05) is 31.4 Å². The van der Waals surface area contributed by atoms with E-state index in [-0.39, 0.29) is 5.92 Å². The number of aromatic nitrogens is 10. The molecule has 5 aromatic rings. The second-order valence-electron chi connectivity index (χ2n) is 8.88. The fourth-order valence-electron chi connectivity index (χ4n) is 4.51. The Hall–Kier alpha value is -4.69. The second kappa shape index (κ2) is 9.32. The topological polar surface area (TPSA) is 128 Å². The van der Waals surface area contributed by atoms with Gasteiger partial charge in [-0.3, -0.25) is 0 Å². The van der Waals surface area contributed by atoms with Gasteiger partial charge in [0.15, 0.2) is 11.5 Å². The number of anilines is 3. The van der Waals surface area contributed by atoms with Crippen LogP contribution in [0.25, 0.3) is 11.5 Å². The predicted molar refractivity (Wildman–Crippen MR) is 129 cm³/mol. The minimum Gasteiger partial charge on any atom is -0.351 e. The number of fused-ring (bicyclic) bond motifs is 1. The number of alkyl halides is 3. The third-order valence-electron chi connectivity index (χ3n) is 6.51. The summed E-state index contributed by atoms with van der Waals surface area (Å²) in [7, 11) is 0. The maximum atomic E-state index is 12.8. The summed E-state index contributed by atoms with van der Waals surface area (Å²) in [6.45, 7) is 3.11. The largest absolute Gasteiger partial charge is 0.419 e. The summed E-state index contributed by atoms with van der Waals surface area (Å²) in [5.41, 5.74) is 3.15. The molecule has 5 aromatic heterocycles. The molecule has 0 aromatic carbocycles. The van der Waals surface area contributed by atoms with Gasteiger partial charge < -0.3 is 10.2 Å². The zero-order valence-electron chi connectivity index (χ0n) is 20.1. The number of tetrazole rings is 1. The SMILES string of the molecule is Cc1nc(-n2cnnn2)ccc1Nc1ccnn2c(C3CCN(c4ncc(C(F)(F)F)cn4)CC3)cnc12. The number of aryl methyl sites for hydroxylation is 1. The van der Waals surface area contributed by atoms with E-state index in [0.29, 0.717) is 30.5 Å². The summed E-state index contributed by atoms with van der Waals surface area (Å²) in [6.07, 6.45) is 3.75. The van der Waals surface area contributed by atoms with Crippen molar-refractivity contribution in [3.05, 3.63) is 66.3 Å². The quantitative estimate of drug-likeness (QED) is 0.367. The fourth-order valence-corrected chi connectivity index (χ4v) is 4.51. The third-order valence-corrected chi connectivity index (χ3v) is 6.51. The van der Waals surface area contributed by atoms with E-state index in [9.17, 15) is 13.2 Å². The van der Waals surface area contributed by atoms with Crippen molar-refractivity contribution in [3.8, 4) is 5.82 Å². The van der Waals surface area contributed by atoms with Crippen LogP contribution in [-0.2, 0) is 6.18 Å². The van der Waals surface area contributed by atoms with E-state index >= 15 is 0 Å². The maximum absolute atomic E-state index is 12.8. The van der Waals surface area contributed by atoms with E-state index in [2.05, 4.69) is 45.9 Å². The normalized spacial score (nSPS) is 14.8. The average Bonchev–Trinajstić information content (AvgIpc) is 3.61. The molecule has 0 bridgehead atoms. The first kappa shape index (κ1) is 23.7. The summed E-state index contributed by atoms with van der Waals surface area (Å²) in [4.78, 5) is 18.9. The van der Waals surface area contributed by atoms with Gasteiger partial charge in [-0.2, -0.15) is 23.0 Å². The molecule has 0 amide bonds. The molecule has 1 fully saturated rings. The molecule has 194 valence electrons. The second-order valence-corrected chi connectivity index (χ2v) is 8.88. The molecule has 0 saturated carbocycles. The molecule has 1 aliphatic heterocycles. The van der Waals surface area contributed by atoms with Crippen molar-refractivity contribution in [2.45, 2.75) is 31.9 Å². The Labute approximate surface area is 213 Å². The molecule has 0 aliphatic carbocycles. The van der Waals surface area contributed by atoms with Crippen molar-refractivity contribution in [1.82, 2.24) is 49.8 Å². The molecule has 38 heavy (non-hydrogen) atoms. The molecular formula is C23H21F3N12. The van der Waals surface area contributed by atoms with Crippen molar-refractivity contribution >= 4 is 23.0 Å². The van der Waals surface area contributed by atoms with E-state index in [1.165, 1.54) is 11.0 Å². The monoisotopic (exact) mass is 522 g/mol. The van der Waals surface area contributed by atoms with Crippen molar-refractivity contribution < 1.29 is 13.2 Å². The lowest BCUT2D eigenvalue weighted by molar-refractivity contribution is -0.138. The maximum Gasteiger partial charge on any atom is 0.419 e. The van der Waals surface area contributed by atoms with Crippen LogP contribution >= 0.6 is 0 Å². The number of hydrogen-bond donors (Lipinski definition) is 1. The highest BCUT2D eigenvalue weighted by Crippen LogP contribution is 2.32. The van der Waals surface area contributed by atoms with Crippen molar-refractivity contribution in [2.75, 3.05) is 23.3 Å². The smallest absolute Gasteiger partial charge is 0.351 e. The first-order valence-corrected chi connectivity index (χ1v) is 11.8. The third kappa shape index (κ3) is 4.46. The predicted octanol–water partition coefficient (Wildman–Crippen LogP) is 3.34. The summed E-state index contributed by atoms with van der Waals surface area (Å²) < 4.78 is 41.8. The Bertz CT molecular complexity index is 1560.